The minimum atomic E-state index is -4.17. The zero-order valence-corrected chi connectivity index (χ0v) is 17.0. The molecule has 0 aliphatic heterocycles. The summed E-state index contributed by atoms with van der Waals surface area (Å²) in [5.41, 5.74) is 0.480. The summed E-state index contributed by atoms with van der Waals surface area (Å²) in [7, 11) is -4.17. The van der Waals surface area contributed by atoms with Gasteiger partial charge in [0, 0.05) is 12.1 Å². The number of carbonyl (C=O) groups is 1. The summed E-state index contributed by atoms with van der Waals surface area (Å²) in [5, 5.41) is 16.8. The number of benzene rings is 2. The van der Waals surface area contributed by atoms with E-state index in [4.69, 9.17) is 15.1 Å². The molecule has 2 aromatic rings. The largest absolute Gasteiger partial charge is 0.454 e. The van der Waals surface area contributed by atoms with E-state index >= 15 is 0 Å². The van der Waals surface area contributed by atoms with Crippen molar-refractivity contribution < 1.29 is 17.9 Å². The third-order valence-electron chi connectivity index (χ3n) is 3.67. The summed E-state index contributed by atoms with van der Waals surface area (Å²) in [6.45, 7) is 2.59. The van der Waals surface area contributed by atoms with Crippen molar-refractivity contribution in [1.82, 2.24) is 0 Å². The molecule has 0 aliphatic rings. The normalized spacial score (nSPS) is 10.9. The second-order valence-corrected chi connectivity index (χ2v) is 8.30. The molecule has 7 nitrogen and oxygen atoms in total. The molecule has 9 heteroatoms. The van der Waals surface area contributed by atoms with Gasteiger partial charge in [0.1, 0.15) is 10.6 Å². The molecule has 2 aromatic carbocycles. The standard InChI is InChI=1S/C19H21N3O4S2/c1-2-3-10-22-16-12-14(19(23)27-11-9-20)13-17(28(21,24)25)18(16)26-15-7-5-4-6-8-15/h4-8,12-13,22H,2-3,10-11H2,1H3,(H2,21,24,25). The van der Waals surface area contributed by atoms with Gasteiger partial charge in [0.25, 0.3) is 0 Å². The monoisotopic (exact) mass is 419 g/mol. The van der Waals surface area contributed by atoms with Crippen molar-refractivity contribution in [1.29, 1.82) is 5.26 Å². The molecule has 2 rings (SSSR count). The lowest BCUT2D eigenvalue weighted by Gasteiger charge is -2.17. The summed E-state index contributed by atoms with van der Waals surface area (Å²) in [6, 6.07) is 13.3. The molecule has 0 aromatic heterocycles. The summed E-state index contributed by atoms with van der Waals surface area (Å²) >= 11 is 0.791. The molecule has 0 bridgehead atoms. The number of ether oxygens (including phenoxy) is 1. The highest BCUT2D eigenvalue weighted by Gasteiger charge is 2.23. The van der Waals surface area contributed by atoms with E-state index in [1.807, 2.05) is 19.1 Å². The van der Waals surface area contributed by atoms with Crippen LogP contribution in [0.5, 0.6) is 11.5 Å². The van der Waals surface area contributed by atoms with Crippen LogP contribution in [0.15, 0.2) is 47.4 Å². The number of carbonyl (C=O) groups excluding carboxylic acids is 1. The Morgan fingerprint density at radius 1 is 1.29 bits per heavy atom. The van der Waals surface area contributed by atoms with Crippen molar-refractivity contribution in [2.75, 3.05) is 17.6 Å². The van der Waals surface area contributed by atoms with E-state index in [9.17, 15) is 13.2 Å². The number of para-hydroxylation sites is 1. The van der Waals surface area contributed by atoms with Crippen LogP contribution in [0.1, 0.15) is 30.1 Å². The lowest BCUT2D eigenvalue weighted by atomic mass is 10.2. The van der Waals surface area contributed by atoms with Crippen molar-refractivity contribution >= 4 is 32.6 Å². The van der Waals surface area contributed by atoms with Gasteiger partial charge in [-0.2, -0.15) is 5.26 Å². The maximum Gasteiger partial charge on any atom is 0.241 e. The van der Waals surface area contributed by atoms with Crippen LogP contribution in [-0.2, 0) is 10.0 Å². The maximum absolute atomic E-state index is 12.3. The molecule has 0 spiro atoms. The third kappa shape index (κ3) is 5.99. The molecular weight excluding hydrogens is 398 g/mol. The molecule has 0 saturated heterocycles. The molecule has 0 radical (unpaired) electrons. The minimum absolute atomic E-state index is 0.0339. The first-order chi connectivity index (χ1) is 13.4. The van der Waals surface area contributed by atoms with Crippen molar-refractivity contribution in [3.63, 3.8) is 0 Å². The second kappa shape index (κ2) is 10.1. The number of sulfonamides is 1. The Morgan fingerprint density at radius 2 is 2.00 bits per heavy atom. The summed E-state index contributed by atoms with van der Waals surface area (Å²) < 4.78 is 30.3. The van der Waals surface area contributed by atoms with Gasteiger partial charge in [-0.05, 0) is 30.7 Å². The Balaban J connectivity index is 2.57. The molecule has 0 saturated carbocycles. The number of hydrogen-bond acceptors (Lipinski definition) is 7. The van der Waals surface area contributed by atoms with Gasteiger partial charge in [-0.15, -0.1) is 0 Å². The van der Waals surface area contributed by atoms with E-state index in [0.717, 1.165) is 24.6 Å². The van der Waals surface area contributed by atoms with E-state index in [1.165, 1.54) is 12.1 Å². The number of primary sulfonamides is 1. The van der Waals surface area contributed by atoms with Crippen LogP contribution in [0.2, 0.25) is 0 Å². The summed E-state index contributed by atoms with van der Waals surface area (Å²) in [4.78, 5) is 12.0. The third-order valence-corrected chi connectivity index (χ3v) is 5.36. The van der Waals surface area contributed by atoms with Crippen molar-refractivity contribution in [2.45, 2.75) is 24.7 Å². The average molecular weight is 420 g/mol. The predicted octanol–water partition coefficient (Wildman–Crippen LogP) is 3.74. The molecule has 0 amide bonds. The molecule has 0 fully saturated rings. The quantitative estimate of drug-likeness (QED) is 0.594. The van der Waals surface area contributed by atoms with E-state index in [2.05, 4.69) is 5.32 Å². The van der Waals surface area contributed by atoms with Gasteiger partial charge in [0.05, 0.1) is 17.5 Å². The Hall–Kier alpha value is -2.54. The summed E-state index contributed by atoms with van der Waals surface area (Å²) in [6.07, 6.45) is 1.78. The number of hydrogen-bond donors (Lipinski definition) is 2. The highest BCUT2D eigenvalue weighted by molar-refractivity contribution is 8.14. The molecule has 28 heavy (non-hydrogen) atoms. The van der Waals surface area contributed by atoms with Crippen LogP contribution < -0.4 is 15.2 Å². The fourth-order valence-corrected chi connectivity index (χ4v) is 3.54. The maximum atomic E-state index is 12.3. The van der Waals surface area contributed by atoms with E-state index < -0.39 is 15.1 Å². The number of unbranched alkanes of at least 4 members (excludes halogenated alkanes) is 1. The fourth-order valence-electron chi connectivity index (χ4n) is 2.36. The van der Waals surface area contributed by atoms with Crippen LogP contribution in [0, 0.1) is 11.3 Å². The van der Waals surface area contributed by atoms with Crippen molar-refractivity contribution in [2.24, 2.45) is 5.14 Å². The van der Waals surface area contributed by atoms with Gasteiger partial charge in [-0.25, -0.2) is 13.6 Å². The minimum Gasteiger partial charge on any atom is -0.454 e. The Kier molecular flexibility index (Phi) is 7.87. The number of nitrogens with two attached hydrogens (primary N) is 1. The van der Waals surface area contributed by atoms with Crippen molar-refractivity contribution in [3.8, 4) is 17.6 Å². The van der Waals surface area contributed by atoms with Gasteiger partial charge >= 0.3 is 0 Å². The first-order valence-corrected chi connectivity index (χ1v) is 11.1. The SMILES string of the molecule is CCCCNc1cc(C(=O)SCC#N)cc(S(N)(=O)=O)c1Oc1ccccc1. The van der Waals surface area contributed by atoms with Gasteiger partial charge in [0.15, 0.2) is 5.75 Å². The number of thioether (sulfide) groups is 1. The second-order valence-electron chi connectivity index (χ2n) is 5.83. The van der Waals surface area contributed by atoms with Gasteiger partial charge in [-0.3, -0.25) is 4.79 Å². The van der Waals surface area contributed by atoms with E-state index in [-0.39, 0.29) is 22.0 Å². The fraction of sp³-hybridized carbons (Fsp3) is 0.263. The first kappa shape index (κ1) is 21.8. The molecule has 0 atom stereocenters. The molecule has 148 valence electrons. The lowest BCUT2D eigenvalue weighted by Crippen LogP contribution is -2.16. The number of nitriles is 1. The van der Waals surface area contributed by atoms with Gasteiger partial charge in [0.2, 0.25) is 15.1 Å². The molecule has 3 N–H and O–H groups in total. The lowest BCUT2D eigenvalue weighted by molar-refractivity contribution is 0.108. The topological polar surface area (TPSA) is 122 Å². The molecule has 0 heterocycles. The number of rotatable bonds is 9. The summed E-state index contributed by atoms with van der Waals surface area (Å²) in [5.74, 6) is 0.431. The Labute approximate surface area is 168 Å². The number of anilines is 1. The number of nitrogens with zero attached hydrogens (tertiary/aromatic N) is 1. The zero-order valence-electron chi connectivity index (χ0n) is 15.3. The highest BCUT2D eigenvalue weighted by atomic mass is 32.2. The van der Waals surface area contributed by atoms with Gasteiger partial charge in [-0.1, -0.05) is 43.3 Å². The van der Waals surface area contributed by atoms with Crippen LogP contribution in [0.3, 0.4) is 0 Å². The average Bonchev–Trinajstić information content (AvgIpc) is 2.67. The van der Waals surface area contributed by atoms with Crippen LogP contribution in [-0.4, -0.2) is 25.8 Å². The van der Waals surface area contributed by atoms with Crippen LogP contribution in [0.25, 0.3) is 0 Å². The first-order valence-electron chi connectivity index (χ1n) is 8.58. The predicted molar refractivity (Wildman–Crippen MR) is 110 cm³/mol. The van der Waals surface area contributed by atoms with Crippen molar-refractivity contribution in [3.05, 3.63) is 48.0 Å². The van der Waals surface area contributed by atoms with E-state index in [1.54, 1.807) is 24.3 Å². The Bertz CT molecular complexity index is 971. The van der Waals surface area contributed by atoms with Crippen LogP contribution >= 0.6 is 11.8 Å². The zero-order chi connectivity index (χ0) is 20.6. The molecule has 0 unspecified atom stereocenters. The smallest absolute Gasteiger partial charge is 0.241 e. The molecule has 0 aliphatic carbocycles. The van der Waals surface area contributed by atoms with Crippen LogP contribution in [0.4, 0.5) is 5.69 Å². The highest BCUT2D eigenvalue weighted by Crippen LogP contribution is 2.37. The molecular formula is C19H21N3O4S2. The van der Waals surface area contributed by atoms with Gasteiger partial charge < -0.3 is 10.1 Å². The Morgan fingerprint density at radius 3 is 2.61 bits per heavy atom. The van der Waals surface area contributed by atoms with E-state index in [0.29, 0.717) is 18.0 Å². The number of nitrogens with one attached hydrogen (secondary N) is 1.